The number of anilines is 4. The zero-order chi connectivity index (χ0) is 22.7. The van der Waals surface area contributed by atoms with Gasteiger partial charge < -0.3 is 14.5 Å². The summed E-state index contributed by atoms with van der Waals surface area (Å²) in [5, 5.41) is 0. The molecule has 5 aromatic rings. The third kappa shape index (κ3) is 3.80. The van der Waals surface area contributed by atoms with Crippen LogP contribution in [-0.4, -0.2) is 26.6 Å². The van der Waals surface area contributed by atoms with E-state index in [1.165, 1.54) is 0 Å². The van der Waals surface area contributed by atoms with Gasteiger partial charge in [-0.25, -0.2) is 4.98 Å². The molecule has 0 saturated carbocycles. The van der Waals surface area contributed by atoms with Gasteiger partial charge in [-0.1, -0.05) is 24.3 Å². The van der Waals surface area contributed by atoms with Crippen LogP contribution in [0.3, 0.4) is 0 Å². The molecule has 34 heavy (non-hydrogen) atoms. The summed E-state index contributed by atoms with van der Waals surface area (Å²) in [6.07, 6.45) is 8.84. The minimum Gasteiger partial charge on any atom is -0.456 e. The molecule has 0 fully saturated rings. The number of para-hydroxylation sites is 2. The normalized spacial score (nSPS) is 12.5. The van der Waals surface area contributed by atoms with E-state index in [0.717, 1.165) is 34.3 Å². The smallest absolute Gasteiger partial charge is 0.147 e. The maximum Gasteiger partial charge on any atom is 0.147 e. The van der Waals surface area contributed by atoms with Crippen molar-refractivity contribution in [2.24, 2.45) is 0 Å². The predicted octanol–water partition coefficient (Wildman–Crippen LogP) is 5.97. The van der Waals surface area contributed by atoms with Crippen molar-refractivity contribution in [2.75, 3.05) is 16.5 Å². The third-order valence-electron chi connectivity index (χ3n) is 5.58. The van der Waals surface area contributed by atoms with Crippen molar-refractivity contribution in [3.63, 3.8) is 0 Å². The number of aromatic nitrogens is 4. The van der Waals surface area contributed by atoms with Crippen molar-refractivity contribution >= 4 is 22.9 Å². The molecule has 5 heterocycles. The highest BCUT2D eigenvalue weighted by Crippen LogP contribution is 2.43. The molecule has 4 aromatic heterocycles. The van der Waals surface area contributed by atoms with Crippen LogP contribution < -0.4 is 14.5 Å². The van der Waals surface area contributed by atoms with Gasteiger partial charge in [0.2, 0.25) is 0 Å². The second-order valence-corrected chi connectivity index (χ2v) is 7.75. The summed E-state index contributed by atoms with van der Waals surface area (Å²) in [4.78, 5) is 22.2. The number of hydrogen-bond donors (Lipinski definition) is 0. The van der Waals surface area contributed by atoms with Crippen LogP contribution in [0.1, 0.15) is 0 Å². The molecule has 0 radical (unpaired) electrons. The van der Waals surface area contributed by atoms with Crippen molar-refractivity contribution in [1.29, 1.82) is 0 Å². The van der Waals surface area contributed by atoms with Crippen LogP contribution in [0.5, 0.6) is 11.5 Å². The molecule has 0 atom stereocenters. The van der Waals surface area contributed by atoms with Crippen LogP contribution >= 0.6 is 0 Å². The predicted molar refractivity (Wildman–Crippen MR) is 132 cm³/mol. The molecule has 0 saturated heterocycles. The second kappa shape index (κ2) is 8.63. The van der Waals surface area contributed by atoms with E-state index in [9.17, 15) is 0 Å². The lowest BCUT2D eigenvalue weighted by atomic mass is 10.2. The highest BCUT2D eigenvalue weighted by Gasteiger charge is 2.28. The molecule has 7 nitrogen and oxygen atoms in total. The number of nitrogens with zero attached hydrogens (tertiary/aromatic N) is 6. The number of fused-ring (bicyclic) bond motifs is 1. The molecule has 1 aromatic carbocycles. The Labute approximate surface area is 197 Å². The first kappa shape index (κ1) is 19.9. The van der Waals surface area contributed by atoms with Gasteiger partial charge >= 0.3 is 0 Å². The van der Waals surface area contributed by atoms with Crippen LogP contribution in [-0.2, 0) is 0 Å². The van der Waals surface area contributed by atoms with Crippen LogP contribution in [0.15, 0.2) is 110 Å². The molecule has 0 amide bonds. The van der Waals surface area contributed by atoms with Gasteiger partial charge in [0.25, 0.3) is 0 Å². The fraction of sp³-hybridized carbons (Fsp3) is 0.0370. The molecular formula is C27H20N6O. The number of hydrogen-bond acceptors (Lipinski definition) is 7. The summed E-state index contributed by atoms with van der Waals surface area (Å²) >= 11 is 0. The lowest BCUT2D eigenvalue weighted by Gasteiger charge is -2.21. The summed E-state index contributed by atoms with van der Waals surface area (Å²) in [5.74, 6) is 2.22. The maximum atomic E-state index is 6.16. The molecule has 0 spiro atoms. The van der Waals surface area contributed by atoms with Gasteiger partial charge in [0.1, 0.15) is 24.0 Å². The summed E-state index contributed by atoms with van der Waals surface area (Å²) in [6.45, 7) is 0.626. The first-order valence-corrected chi connectivity index (χ1v) is 10.9. The Balaban J connectivity index is 1.29. The van der Waals surface area contributed by atoms with E-state index in [1.54, 1.807) is 18.6 Å². The van der Waals surface area contributed by atoms with E-state index in [-0.39, 0.29) is 0 Å². The standard InChI is InChI=1S/C27H20N6O/c1-2-9-26-25(8-1)32(19-33(26)27-10-4-6-13-31-27)20-15-22(18-28-17-20)34-21-11-14-30-24(16-21)23-7-3-5-12-29-23/h1-18H,19H2. The van der Waals surface area contributed by atoms with E-state index in [4.69, 9.17) is 4.74 Å². The highest BCUT2D eigenvalue weighted by molar-refractivity contribution is 5.86. The van der Waals surface area contributed by atoms with Crippen molar-refractivity contribution in [1.82, 2.24) is 19.9 Å². The zero-order valence-electron chi connectivity index (χ0n) is 18.2. The SMILES string of the molecule is c1ccc(-c2cc(Oc3cncc(N4CN(c5ccccn5)c5ccccc54)c3)ccn2)nc1. The molecular weight excluding hydrogens is 424 g/mol. The van der Waals surface area contributed by atoms with Gasteiger partial charge in [0.15, 0.2) is 0 Å². The molecule has 7 heteroatoms. The maximum absolute atomic E-state index is 6.16. The van der Waals surface area contributed by atoms with Crippen LogP contribution in [0, 0.1) is 0 Å². The molecule has 0 bridgehead atoms. The van der Waals surface area contributed by atoms with Crippen molar-refractivity contribution in [3.05, 3.63) is 110 Å². The minimum atomic E-state index is 0.626. The number of rotatable bonds is 5. The van der Waals surface area contributed by atoms with Crippen molar-refractivity contribution < 1.29 is 4.74 Å². The average Bonchev–Trinajstić information content (AvgIpc) is 3.30. The molecule has 1 aliphatic rings. The molecule has 0 unspecified atom stereocenters. The fourth-order valence-corrected chi connectivity index (χ4v) is 4.02. The molecule has 1 aliphatic heterocycles. The first-order valence-electron chi connectivity index (χ1n) is 10.9. The van der Waals surface area contributed by atoms with Crippen molar-refractivity contribution in [3.8, 4) is 22.9 Å². The Hall–Kier alpha value is -4.78. The lowest BCUT2D eigenvalue weighted by Crippen LogP contribution is -2.24. The Morgan fingerprint density at radius 2 is 1.38 bits per heavy atom. The summed E-state index contributed by atoms with van der Waals surface area (Å²) < 4.78 is 6.16. The zero-order valence-corrected chi connectivity index (χ0v) is 18.2. The molecule has 6 rings (SSSR count). The largest absolute Gasteiger partial charge is 0.456 e. The Kier molecular flexibility index (Phi) is 5.04. The highest BCUT2D eigenvalue weighted by atomic mass is 16.5. The second-order valence-electron chi connectivity index (χ2n) is 7.75. The van der Waals surface area contributed by atoms with E-state index in [1.807, 2.05) is 79.1 Å². The number of pyridine rings is 4. The number of benzene rings is 1. The van der Waals surface area contributed by atoms with Gasteiger partial charge in [0.05, 0.1) is 40.8 Å². The first-order chi connectivity index (χ1) is 16.8. The lowest BCUT2D eigenvalue weighted by molar-refractivity contribution is 0.480. The van der Waals surface area contributed by atoms with Gasteiger partial charge in [-0.05, 0) is 42.5 Å². The van der Waals surface area contributed by atoms with E-state index < -0.39 is 0 Å². The number of ether oxygens (including phenoxy) is 1. The van der Waals surface area contributed by atoms with E-state index in [0.29, 0.717) is 18.2 Å². The van der Waals surface area contributed by atoms with Gasteiger partial charge in [-0.3, -0.25) is 15.0 Å². The van der Waals surface area contributed by atoms with Crippen molar-refractivity contribution in [2.45, 2.75) is 0 Å². The molecule has 164 valence electrons. The van der Waals surface area contributed by atoms with Gasteiger partial charge in [-0.2, -0.15) is 0 Å². The molecule has 0 aliphatic carbocycles. The quantitative estimate of drug-likeness (QED) is 0.331. The molecule has 0 N–H and O–H groups in total. The Bertz CT molecular complexity index is 1430. The summed E-state index contributed by atoms with van der Waals surface area (Å²) in [5.41, 5.74) is 4.67. The minimum absolute atomic E-state index is 0.626. The van der Waals surface area contributed by atoms with Gasteiger partial charge in [-0.15, -0.1) is 0 Å². The van der Waals surface area contributed by atoms with E-state index >= 15 is 0 Å². The van der Waals surface area contributed by atoms with Crippen LogP contribution in [0.2, 0.25) is 0 Å². The fourth-order valence-electron chi connectivity index (χ4n) is 4.02. The summed E-state index contributed by atoms with van der Waals surface area (Å²) in [6, 6.07) is 25.7. The van der Waals surface area contributed by atoms with Crippen LogP contribution in [0.25, 0.3) is 11.4 Å². The monoisotopic (exact) mass is 444 g/mol. The summed E-state index contributed by atoms with van der Waals surface area (Å²) in [7, 11) is 0. The Morgan fingerprint density at radius 3 is 2.18 bits per heavy atom. The average molecular weight is 444 g/mol. The van der Waals surface area contributed by atoms with Crippen LogP contribution in [0.4, 0.5) is 22.9 Å². The Morgan fingerprint density at radius 1 is 0.618 bits per heavy atom. The third-order valence-corrected chi connectivity index (χ3v) is 5.58. The topological polar surface area (TPSA) is 67.3 Å². The van der Waals surface area contributed by atoms with Gasteiger partial charge in [0, 0.05) is 30.7 Å². The van der Waals surface area contributed by atoms with E-state index in [2.05, 4.69) is 41.9 Å².